The summed E-state index contributed by atoms with van der Waals surface area (Å²) in [6, 6.07) is 11.6. The molecule has 20 heavy (non-hydrogen) atoms. The summed E-state index contributed by atoms with van der Waals surface area (Å²) in [7, 11) is 0. The van der Waals surface area contributed by atoms with Crippen molar-refractivity contribution in [3.63, 3.8) is 0 Å². The molecule has 0 spiro atoms. The second kappa shape index (κ2) is 6.92. The molecule has 106 valence electrons. The van der Waals surface area contributed by atoms with Gasteiger partial charge in [0.15, 0.2) is 0 Å². The fourth-order valence-electron chi connectivity index (χ4n) is 2.21. The van der Waals surface area contributed by atoms with Crippen molar-refractivity contribution in [3.8, 4) is 0 Å². The molecule has 3 N–H and O–H groups in total. The van der Waals surface area contributed by atoms with E-state index in [1.807, 2.05) is 12.1 Å². The first-order valence-electron chi connectivity index (χ1n) is 6.17. The third-order valence-corrected chi connectivity index (χ3v) is 4.34. The molecule has 2 nitrogen and oxygen atoms in total. The lowest BCUT2D eigenvalue weighted by atomic mass is 9.96. The summed E-state index contributed by atoms with van der Waals surface area (Å²) >= 11 is 15.7. The molecular weight excluding hydrogens is 359 g/mol. The second-order valence-electron chi connectivity index (χ2n) is 4.66. The SMILES string of the molecule is Cc1cc(Br)ccc1C(Cc1cc(Cl)ccc1Cl)NN. The van der Waals surface area contributed by atoms with Crippen LogP contribution in [0.25, 0.3) is 0 Å². The summed E-state index contributed by atoms with van der Waals surface area (Å²) in [5, 5.41) is 1.37. The van der Waals surface area contributed by atoms with E-state index in [0.29, 0.717) is 16.5 Å². The summed E-state index contributed by atoms with van der Waals surface area (Å²) in [4.78, 5) is 0. The molecule has 2 rings (SSSR count). The zero-order valence-corrected chi connectivity index (χ0v) is 14.1. The van der Waals surface area contributed by atoms with Crippen molar-refractivity contribution in [2.24, 2.45) is 5.84 Å². The van der Waals surface area contributed by atoms with Gasteiger partial charge in [0.2, 0.25) is 0 Å². The average molecular weight is 374 g/mol. The third-order valence-electron chi connectivity index (χ3n) is 3.24. The highest BCUT2D eigenvalue weighted by Gasteiger charge is 2.15. The molecule has 0 radical (unpaired) electrons. The standard InChI is InChI=1S/C15H15BrCl2N2/c1-9-6-11(16)2-4-13(9)15(20-19)8-10-7-12(17)3-5-14(10)18/h2-7,15,20H,8,19H2,1H3. The van der Waals surface area contributed by atoms with Crippen LogP contribution in [0.1, 0.15) is 22.7 Å². The van der Waals surface area contributed by atoms with E-state index in [9.17, 15) is 0 Å². The molecule has 0 bridgehead atoms. The highest BCUT2D eigenvalue weighted by atomic mass is 79.9. The molecule has 5 heteroatoms. The molecule has 1 unspecified atom stereocenters. The van der Waals surface area contributed by atoms with Crippen molar-refractivity contribution in [2.75, 3.05) is 0 Å². The van der Waals surface area contributed by atoms with E-state index in [4.69, 9.17) is 29.0 Å². The van der Waals surface area contributed by atoms with Gasteiger partial charge in [-0.25, -0.2) is 0 Å². The van der Waals surface area contributed by atoms with Crippen molar-refractivity contribution in [1.82, 2.24) is 5.43 Å². The molecule has 1 atom stereocenters. The summed E-state index contributed by atoms with van der Waals surface area (Å²) in [5.74, 6) is 5.71. The van der Waals surface area contributed by atoms with Crippen molar-refractivity contribution >= 4 is 39.1 Å². The van der Waals surface area contributed by atoms with Crippen LogP contribution in [0.15, 0.2) is 40.9 Å². The topological polar surface area (TPSA) is 38.0 Å². The zero-order valence-electron chi connectivity index (χ0n) is 11.0. The number of benzene rings is 2. The molecular formula is C15H15BrCl2N2. The van der Waals surface area contributed by atoms with E-state index in [1.165, 1.54) is 5.56 Å². The van der Waals surface area contributed by atoms with Crippen LogP contribution < -0.4 is 11.3 Å². The average Bonchev–Trinajstić information content (AvgIpc) is 2.40. The lowest BCUT2D eigenvalue weighted by Crippen LogP contribution is -2.30. The third kappa shape index (κ3) is 3.74. The fraction of sp³-hybridized carbons (Fsp3) is 0.200. The Labute approximate surface area is 137 Å². The Morgan fingerprint density at radius 3 is 2.60 bits per heavy atom. The minimum atomic E-state index is -0.0148. The van der Waals surface area contributed by atoms with Crippen LogP contribution in [0, 0.1) is 6.92 Å². The number of hydrazine groups is 1. The van der Waals surface area contributed by atoms with Crippen molar-refractivity contribution in [2.45, 2.75) is 19.4 Å². The van der Waals surface area contributed by atoms with Gasteiger partial charge in [-0.1, -0.05) is 45.2 Å². The van der Waals surface area contributed by atoms with Crippen molar-refractivity contribution < 1.29 is 0 Å². The van der Waals surface area contributed by atoms with E-state index in [1.54, 1.807) is 12.1 Å². The molecule has 0 amide bonds. The van der Waals surface area contributed by atoms with Crippen LogP contribution in [0.4, 0.5) is 0 Å². The summed E-state index contributed by atoms with van der Waals surface area (Å²) in [5.41, 5.74) is 6.15. The first-order chi connectivity index (χ1) is 9.51. The lowest BCUT2D eigenvalue weighted by molar-refractivity contribution is 0.549. The highest BCUT2D eigenvalue weighted by Crippen LogP contribution is 2.28. The van der Waals surface area contributed by atoms with Gasteiger partial charge in [0.1, 0.15) is 0 Å². The minimum absolute atomic E-state index is 0.0148. The smallest absolute Gasteiger partial charge is 0.0503 e. The monoisotopic (exact) mass is 372 g/mol. The Hall–Kier alpha value is -0.580. The Balaban J connectivity index is 2.31. The van der Waals surface area contributed by atoms with E-state index < -0.39 is 0 Å². The van der Waals surface area contributed by atoms with Gasteiger partial charge in [-0.2, -0.15) is 0 Å². The largest absolute Gasteiger partial charge is 0.271 e. The molecule has 2 aromatic rings. The van der Waals surface area contributed by atoms with Crippen LogP contribution in [0.5, 0.6) is 0 Å². The molecule has 0 fully saturated rings. The quantitative estimate of drug-likeness (QED) is 0.596. The Morgan fingerprint density at radius 2 is 1.95 bits per heavy atom. The normalized spacial score (nSPS) is 12.4. The van der Waals surface area contributed by atoms with E-state index >= 15 is 0 Å². The maximum absolute atomic E-state index is 6.22. The van der Waals surface area contributed by atoms with E-state index in [-0.39, 0.29) is 6.04 Å². The maximum Gasteiger partial charge on any atom is 0.0503 e. The van der Waals surface area contributed by atoms with Crippen molar-refractivity contribution in [1.29, 1.82) is 0 Å². The Morgan fingerprint density at radius 1 is 1.20 bits per heavy atom. The van der Waals surface area contributed by atoms with Crippen LogP contribution in [-0.4, -0.2) is 0 Å². The predicted octanol–water partition coefficient (Wildman–Crippen LogP) is 4.81. The number of rotatable bonds is 4. The van der Waals surface area contributed by atoms with Crippen LogP contribution in [-0.2, 0) is 6.42 Å². The van der Waals surface area contributed by atoms with Gasteiger partial charge in [0.25, 0.3) is 0 Å². The van der Waals surface area contributed by atoms with Gasteiger partial charge >= 0.3 is 0 Å². The fourth-order valence-corrected chi connectivity index (χ4v) is 3.07. The van der Waals surface area contributed by atoms with Gasteiger partial charge in [-0.3, -0.25) is 11.3 Å². The van der Waals surface area contributed by atoms with Gasteiger partial charge in [-0.05, 0) is 60.4 Å². The van der Waals surface area contributed by atoms with Crippen LogP contribution in [0.3, 0.4) is 0 Å². The first-order valence-corrected chi connectivity index (χ1v) is 7.72. The van der Waals surface area contributed by atoms with Gasteiger partial charge in [0, 0.05) is 14.5 Å². The molecule has 0 saturated carbocycles. The minimum Gasteiger partial charge on any atom is -0.271 e. The molecule has 0 aliphatic heterocycles. The van der Waals surface area contributed by atoms with Gasteiger partial charge < -0.3 is 0 Å². The van der Waals surface area contributed by atoms with Crippen molar-refractivity contribution in [3.05, 3.63) is 67.6 Å². The zero-order chi connectivity index (χ0) is 14.7. The summed E-state index contributed by atoms with van der Waals surface area (Å²) < 4.78 is 1.05. The second-order valence-corrected chi connectivity index (χ2v) is 6.42. The Kier molecular flexibility index (Phi) is 5.47. The molecule has 2 aromatic carbocycles. The summed E-state index contributed by atoms with van der Waals surface area (Å²) in [6.45, 7) is 2.06. The molecule has 0 aromatic heterocycles. The van der Waals surface area contributed by atoms with E-state index in [0.717, 1.165) is 15.6 Å². The number of hydrogen-bond acceptors (Lipinski definition) is 2. The molecule has 0 saturated heterocycles. The predicted molar refractivity (Wildman–Crippen MR) is 89.1 cm³/mol. The number of hydrogen-bond donors (Lipinski definition) is 2. The number of nitrogens with two attached hydrogens (primary N) is 1. The van der Waals surface area contributed by atoms with Gasteiger partial charge in [-0.15, -0.1) is 0 Å². The first kappa shape index (κ1) is 15.8. The van der Waals surface area contributed by atoms with Crippen LogP contribution in [0.2, 0.25) is 10.0 Å². The lowest BCUT2D eigenvalue weighted by Gasteiger charge is -2.19. The Bertz CT molecular complexity index is 617. The number of nitrogens with one attached hydrogen (secondary N) is 1. The number of aryl methyl sites for hydroxylation is 1. The highest BCUT2D eigenvalue weighted by molar-refractivity contribution is 9.10. The molecule has 0 aliphatic carbocycles. The molecule has 0 aliphatic rings. The van der Waals surface area contributed by atoms with Gasteiger partial charge in [0.05, 0.1) is 6.04 Å². The maximum atomic E-state index is 6.22. The molecule has 0 heterocycles. The van der Waals surface area contributed by atoms with Crippen LogP contribution >= 0.6 is 39.1 Å². The summed E-state index contributed by atoms with van der Waals surface area (Å²) in [6.07, 6.45) is 0.679. The number of halogens is 3. The van der Waals surface area contributed by atoms with E-state index in [2.05, 4.69) is 40.4 Å².